The van der Waals surface area contributed by atoms with E-state index in [0.29, 0.717) is 13.1 Å². The molecule has 1 aromatic carbocycles. The molecule has 1 aromatic rings. The Morgan fingerprint density at radius 1 is 1.20 bits per heavy atom. The largest absolute Gasteiger partial charge is 0.370 e. The van der Waals surface area contributed by atoms with Gasteiger partial charge in [-0.1, -0.05) is 24.3 Å². The summed E-state index contributed by atoms with van der Waals surface area (Å²) in [6.45, 7) is 1.40. The van der Waals surface area contributed by atoms with Gasteiger partial charge >= 0.3 is 0 Å². The second-order valence-electron chi connectivity index (χ2n) is 3.49. The van der Waals surface area contributed by atoms with Gasteiger partial charge in [-0.25, -0.2) is 0 Å². The van der Waals surface area contributed by atoms with E-state index in [2.05, 4.69) is 17.1 Å². The average Bonchev–Trinajstić information content (AvgIpc) is 2.59. The first-order valence-corrected chi connectivity index (χ1v) is 4.67. The fourth-order valence-electron chi connectivity index (χ4n) is 1.68. The molecule has 0 spiro atoms. The predicted molar refractivity (Wildman–Crippen MR) is 59.2 cm³/mol. The molecule has 0 fully saturated rings. The van der Waals surface area contributed by atoms with Gasteiger partial charge in [0.25, 0.3) is 0 Å². The number of nitrogens with two attached hydrogens (primary N) is 2. The van der Waals surface area contributed by atoms with Crippen LogP contribution in [0.25, 0.3) is 0 Å². The topological polar surface area (TPSA) is 91.5 Å². The third-order valence-corrected chi connectivity index (χ3v) is 2.38. The van der Waals surface area contributed by atoms with Crippen LogP contribution in [0.1, 0.15) is 11.1 Å². The van der Waals surface area contributed by atoms with Crippen LogP contribution in [0.2, 0.25) is 0 Å². The zero-order chi connectivity index (χ0) is 10.8. The van der Waals surface area contributed by atoms with Crippen LogP contribution in [0.15, 0.2) is 29.3 Å². The molecule has 0 unspecified atom stereocenters. The van der Waals surface area contributed by atoms with Gasteiger partial charge in [0.2, 0.25) is 5.96 Å². The number of hydrogen-bond acceptors (Lipinski definition) is 1. The highest BCUT2D eigenvalue weighted by Crippen LogP contribution is 2.22. The molecule has 1 heterocycles. The Bertz CT molecular complexity index is 395. The lowest BCUT2D eigenvalue weighted by molar-refractivity contribution is 0.439. The minimum atomic E-state index is -0.0732. The Kier molecular flexibility index (Phi) is 2.29. The molecule has 1 aliphatic heterocycles. The summed E-state index contributed by atoms with van der Waals surface area (Å²) in [5.41, 5.74) is 12.9. The average molecular weight is 203 g/mol. The Morgan fingerprint density at radius 2 is 1.73 bits per heavy atom. The van der Waals surface area contributed by atoms with Crippen molar-refractivity contribution in [3.63, 3.8) is 0 Å². The first kappa shape index (κ1) is 9.51. The molecule has 2 rings (SSSR count). The van der Waals surface area contributed by atoms with Crippen LogP contribution in [0.5, 0.6) is 0 Å². The summed E-state index contributed by atoms with van der Waals surface area (Å²) < 4.78 is 0. The highest BCUT2D eigenvalue weighted by molar-refractivity contribution is 5.91. The second kappa shape index (κ2) is 3.61. The molecule has 0 amide bonds. The van der Waals surface area contributed by atoms with E-state index in [1.54, 1.807) is 0 Å². The molecule has 5 heteroatoms. The van der Waals surface area contributed by atoms with E-state index in [4.69, 9.17) is 16.9 Å². The van der Waals surface area contributed by atoms with Crippen molar-refractivity contribution in [2.75, 3.05) is 0 Å². The maximum absolute atomic E-state index is 7.67. The summed E-state index contributed by atoms with van der Waals surface area (Å²) in [7, 11) is 0. The Hall–Kier alpha value is -2.04. The first-order valence-electron chi connectivity index (χ1n) is 4.67. The number of nitrogens with zero attached hydrogens (tertiary/aromatic N) is 2. The molecular weight excluding hydrogens is 190 g/mol. The third-order valence-electron chi connectivity index (χ3n) is 2.38. The number of guanidine groups is 2. The van der Waals surface area contributed by atoms with Crippen LogP contribution >= 0.6 is 0 Å². The highest BCUT2D eigenvalue weighted by atomic mass is 15.3. The molecule has 1 aliphatic rings. The van der Waals surface area contributed by atoms with Gasteiger partial charge in [-0.05, 0) is 11.1 Å². The molecular formula is C10H13N5. The zero-order valence-electron chi connectivity index (χ0n) is 8.27. The quantitative estimate of drug-likeness (QED) is 0.416. The van der Waals surface area contributed by atoms with E-state index in [0.717, 1.165) is 0 Å². The molecule has 0 radical (unpaired) electrons. The summed E-state index contributed by atoms with van der Waals surface area (Å²) in [5.74, 6) is 0.0437. The molecule has 0 bridgehead atoms. The fourth-order valence-corrected chi connectivity index (χ4v) is 1.68. The first-order chi connectivity index (χ1) is 7.16. The Labute approximate surface area is 87.9 Å². The van der Waals surface area contributed by atoms with E-state index in [1.807, 2.05) is 17.0 Å². The molecule has 5 nitrogen and oxygen atoms in total. The van der Waals surface area contributed by atoms with Crippen molar-refractivity contribution in [2.45, 2.75) is 13.1 Å². The summed E-state index contributed by atoms with van der Waals surface area (Å²) in [6.07, 6.45) is 0. The summed E-state index contributed by atoms with van der Waals surface area (Å²) in [5, 5.41) is 7.67. The number of nitrogens with one attached hydrogen (secondary N) is 1. The monoisotopic (exact) mass is 203 g/mol. The minimum absolute atomic E-state index is 0.0732. The Balaban J connectivity index is 2.14. The third kappa shape index (κ3) is 1.90. The molecule has 0 atom stereocenters. The molecule has 0 saturated carbocycles. The maximum atomic E-state index is 7.67. The van der Waals surface area contributed by atoms with Crippen LogP contribution in [0.3, 0.4) is 0 Å². The SMILES string of the molecule is N=C(N=C(N)N)N1Cc2ccccc2C1. The highest BCUT2D eigenvalue weighted by Gasteiger charge is 2.20. The van der Waals surface area contributed by atoms with E-state index in [1.165, 1.54) is 11.1 Å². The number of benzene rings is 1. The number of fused-ring (bicyclic) bond motifs is 1. The van der Waals surface area contributed by atoms with Gasteiger partial charge in [-0.2, -0.15) is 4.99 Å². The smallest absolute Gasteiger partial charge is 0.221 e. The van der Waals surface area contributed by atoms with Gasteiger partial charge in [-0.15, -0.1) is 0 Å². The zero-order valence-corrected chi connectivity index (χ0v) is 8.27. The van der Waals surface area contributed by atoms with Crippen LogP contribution in [-0.4, -0.2) is 16.8 Å². The van der Waals surface area contributed by atoms with Gasteiger partial charge < -0.3 is 16.4 Å². The summed E-state index contributed by atoms with van der Waals surface area (Å²) in [4.78, 5) is 5.55. The fraction of sp³-hybridized carbons (Fsp3) is 0.200. The predicted octanol–water partition coefficient (Wildman–Crippen LogP) is 0.210. The van der Waals surface area contributed by atoms with Crippen molar-refractivity contribution >= 4 is 11.9 Å². The Morgan fingerprint density at radius 3 is 2.20 bits per heavy atom. The molecule has 0 aliphatic carbocycles. The van der Waals surface area contributed by atoms with E-state index in [-0.39, 0.29) is 11.9 Å². The second-order valence-corrected chi connectivity index (χ2v) is 3.49. The van der Waals surface area contributed by atoms with Crippen LogP contribution in [0.4, 0.5) is 0 Å². The van der Waals surface area contributed by atoms with Crippen LogP contribution in [0, 0.1) is 5.41 Å². The van der Waals surface area contributed by atoms with Crippen LogP contribution < -0.4 is 11.5 Å². The van der Waals surface area contributed by atoms with Crippen molar-refractivity contribution < 1.29 is 0 Å². The molecule has 5 N–H and O–H groups in total. The van der Waals surface area contributed by atoms with Gasteiger partial charge in [0.15, 0.2) is 5.96 Å². The van der Waals surface area contributed by atoms with Crippen molar-refractivity contribution in [1.29, 1.82) is 5.41 Å². The summed E-state index contributed by atoms with van der Waals surface area (Å²) >= 11 is 0. The van der Waals surface area contributed by atoms with E-state index in [9.17, 15) is 0 Å². The molecule has 0 saturated heterocycles. The maximum Gasteiger partial charge on any atom is 0.221 e. The lowest BCUT2D eigenvalue weighted by Gasteiger charge is -2.14. The molecule has 15 heavy (non-hydrogen) atoms. The number of hydrogen-bond donors (Lipinski definition) is 3. The molecule has 0 aromatic heterocycles. The van der Waals surface area contributed by atoms with Gasteiger partial charge in [0.05, 0.1) is 0 Å². The van der Waals surface area contributed by atoms with E-state index < -0.39 is 0 Å². The molecule has 78 valence electrons. The van der Waals surface area contributed by atoms with E-state index >= 15 is 0 Å². The van der Waals surface area contributed by atoms with Crippen molar-refractivity contribution in [3.8, 4) is 0 Å². The number of aliphatic imine (C=N–C) groups is 1. The van der Waals surface area contributed by atoms with Crippen molar-refractivity contribution in [1.82, 2.24) is 4.90 Å². The lowest BCUT2D eigenvalue weighted by atomic mass is 10.1. The van der Waals surface area contributed by atoms with Gasteiger partial charge in [0, 0.05) is 13.1 Å². The van der Waals surface area contributed by atoms with Gasteiger partial charge in [-0.3, -0.25) is 5.41 Å². The minimum Gasteiger partial charge on any atom is -0.370 e. The normalized spacial score (nSPS) is 13.5. The van der Waals surface area contributed by atoms with Gasteiger partial charge in [0.1, 0.15) is 0 Å². The van der Waals surface area contributed by atoms with Crippen LogP contribution in [-0.2, 0) is 13.1 Å². The standard InChI is InChI=1S/C10H13N5/c11-9(12)14-10(13)15-5-7-3-1-2-4-8(7)6-15/h1-4H,5-6H2,(H5,11,12,13,14). The van der Waals surface area contributed by atoms with Crippen molar-refractivity contribution in [3.05, 3.63) is 35.4 Å². The van der Waals surface area contributed by atoms with Crippen molar-refractivity contribution in [2.24, 2.45) is 16.5 Å². The number of rotatable bonds is 0. The summed E-state index contributed by atoms with van der Waals surface area (Å²) in [6, 6.07) is 8.09. The lowest BCUT2D eigenvalue weighted by Crippen LogP contribution is -2.29.